The van der Waals surface area contributed by atoms with Crippen molar-refractivity contribution in [1.82, 2.24) is 9.97 Å². The molecule has 0 amide bonds. The molecule has 0 N–H and O–H groups in total. The second-order valence-electron chi connectivity index (χ2n) is 7.82. The highest BCUT2D eigenvalue weighted by Crippen LogP contribution is 2.32. The molecule has 0 spiro atoms. The third-order valence-corrected chi connectivity index (χ3v) is 6.79. The van der Waals surface area contributed by atoms with E-state index in [1.54, 1.807) is 11.3 Å². The normalized spacial score (nSPS) is 17.1. The van der Waals surface area contributed by atoms with E-state index in [9.17, 15) is 4.79 Å². The fourth-order valence-electron chi connectivity index (χ4n) is 4.15. The molecular formula is C23H27N5O3S. The molecule has 0 aliphatic carbocycles. The Hall–Kier alpha value is -2.91. The number of carbonyl (C=O) groups is 1. The quantitative estimate of drug-likeness (QED) is 0.546. The Morgan fingerprint density at radius 3 is 2.41 bits per heavy atom. The van der Waals surface area contributed by atoms with E-state index in [1.165, 1.54) is 0 Å². The van der Waals surface area contributed by atoms with Gasteiger partial charge < -0.3 is 24.2 Å². The molecule has 2 saturated heterocycles. The van der Waals surface area contributed by atoms with Crippen LogP contribution in [0.25, 0.3) is 10.2 Å². The number of hydrogen-bond donors (Lipinski definition) is 0. The Bertz CT molecular complexity index is 1070. The standard InChI is InChI=1S/C23H27N5O3S/c1-2-31-22(29)17-3-5-18(6-4-17)26-8-10-28(11-9-26)23-24-19-7-16-32-20(19)21(25-23)27-12-14-30-15-13-27/h3-7,16H,2,8-15H2,1H3. The largest absolute Gasteiger partial charge is 0.462 e. The summed E-state index contributed by atoms with van der Waals surface area (Å²) in [7, 11) is 0. The number of thiophene rings is 1. The highest BCUT2D eigenvalue weighted by Gasteiger charge is 2.23. The number of esters is 1. The van der Waals surface area contributed by atoms with Gasteiger partial charge in [0.15, 0.2) is 5.82 Å². The maximum absolute atomic E-state index is 11.9. The topological polar surface area (TPSA) is 71.0 Å². The average Bonchev–Trinajstić information content (AvgIpc) is 3.33. The first-order chi connectivity index (χ1) is 15.7. The van der Waals surface area contributed by atoms with Crippen LogP contribution in [0, 0.1) is 0 Å². The molecule has 32 heavy (non-hydrogen) atoms. The summed E-state index contributed by atoms with van der Waals surface area (Å²) in [4.78, 5) is 28.6. The number of rotatable bonds is 5. The summed E-state index contributed by atoms with van der Waals surface area (Å²) in [5.74, 6) is 1.55. The summed E-state index contributed by atoms with van der Waals surface area (Å²) in [6.45, 7) is 8.82. The lowest BCUT2D eigenvalue weighted by Gasteiger charge is -2.36. The smallest absolute Gasteiger partial charge is 0.338 e. The van der Waals surface area contributed by atoms with Gasteiger partial charge in [-0.25, -0.2) is 9.78 Å². The van der Waals surface area contributed by atoms with Gasteiger partial charge in [0.05, 0.1) is 35.6 Å². The Labute approximate surface area is 191 Å². The first-order valence-electron chi connectivity index (χ1n) is 11.1. The van der Waals surface area contributed by atoms with Crippen molar-refractivity contribution >= 4 is 45.0 Å². The van der Waals surface area contributed by atoms with Crippen LogP contribution in [-0.4, -0.2) is 75.0 Å². The molecule has 0 radical (unpaired) electrons. The van der Waals surface area contributed by atoms with E-state index in [1.807, 2.05) is 31.2 Å². The van der Waals surface area contributed by atoms with Gasteiger partial charge in [0, 0.05) is 45.0 Å². The summed E-state index contributed by atoms with van der Waals surface area (Å²) >= 11 is 1.70. The highest BCUT2D eigenvalue weighted by molar-refractivity contribution is 7.17. The molecule has 8 nitrogen and oxygen atoms in total. The Morgan fingerprint density at radius 1 is 0.969 bits per heavy atom. The molecule has 0 bridgehead atoms. The minimum Gasteiger partial charge on any atom is -0.462 e. The van der Waals surface area contributed by atoms with E-state index in [4.69, 9.17) is 19.4 Å². The van der Waals surface area contributed by atoms with Gasteiger partial charge in [-0.2, -0.15) is 4.98 Å². The van der Waals surface area contributed by atoms with Crippen LogP contribution in [0.2, 0.25) is 0 Å². The minimum atomic E-state index is -0.277. The molecule has 3 aromatic rings. The van der Waals surface area contributed by atoms with Crippen LogP contribution < -0.4 is 14.7 Å². The zero-order valence-corrected chi connectivity index (χ0v) is 19.0. The molecule has 2 aromatic heterocycles. The number of fused-ring (bicyclic) bond motifs is 1. The van der Waals surface area contributed by atoms with Crippen LogP contribution in [0.4, 0.5) is 17.5 Å². The lowest BCUT2D eigenvalue weighted by atomic mass is 10.2. The second-order valence-corrected chi connectivity index (χ2v) is 8.74. The van der Waals surface area contributed by atoms with Crippen molar-refractivity contribution in [1.29, 1.82) is 0 Å². The third-order valence-electron chi connectivity index (χ3n) is 5.89. The molecule has 2 aliphatic heterocycles. The Morgan fingerprint density at radius 2 is 1.69 bits per heavy atom. The van der Waals surface area contributed by atoms with E-state index in [-0.39, 0.29) is 5.97 Å². The van der Waals surface area contributed by atoms with Crippen molar-refractivity contribution < 1.29 is 14.3 Å². The van der Waals surface area contributed by atoms with Gasteiger partial charge >= 0.3 is 5.97 Å². The fraction of sp³-hybridized carbons (Fsp3) is 0.435. The average molecular weight is 454 g/mol. The number of hydrogen-bond acceptors (Lipinski definition) is 9. The maximum Gasteiger partial charge on any atom is 0.338 e. The van der Waals surface area contributed by atoms with Crippen LogP contribution in [0.1, 0.15) is 17.3 Å². The number of benzene rings is 1. The van der Waals surface area contributed by atoms with Crippen molar-refractivity contribution in [3.63, 3.8) is 0 Å². The first kappa shape index (κ1) is 21.0. The van der Waals surface area contributed by atoms with E-state index in [0.29, 0.717) is 12.2 Å². The molecule has 168 valence electrons. The predicted molar refractivity (Wildman–Crippen MR) is 127 cm³/mol. The number of aromatic nitrogens is 2. The van der Waals surface area contributed by atoms with Gasteiger partial charge in [-0.1, -0.05) is 0 Å². The van der Waals surface area contributed by atoms with Gasteiger partial charge in [-0.05, 0) is 42.6 Å². The van der Waals surface area contributed by atoms with Crippen LogP contribution in [0.15, 0.2) is 35.7 Å². The van der Waals surface area contributed by atoms with Crippen molar-refractivity contribution in [2.24, 2.45) is 0 Å². The number of ether oxygens (including phenoxy) is 2. The zero-order chi connectivity index (χ0) is 21.9. The third kappa shape index (κ3) is 4.22. The summed E-state index contributed by atoms with van der Waals surface area (Å²) in [6.07, 6.45) is 0. The van der Waals surface area contributed by atoms with E-state index < -0.39 is 0 Å². The molecule has 9 heteroatoms. The lowest BCUT2D eigenvalue weighted by Crippen LogP contribution is -2.47. The van der Waals surface area contributed by atoms with E-state index >= 15 is 0 Å². The summed E-state index contributed by atoms with van der Waals surface area (Å²) in [5, 5.41) is 2.09. The highest BCUT2D eigenvalue weighted by atomic mass is 32.1. The minimum absolute atomic E-state index is 0.277. The van der Waals surface area contributed by atoms with Crippen molar-refractivity contribution in [3.8, 4) is 0 Å². The molecule has 0 saturated carbocycles. The van der Waals surface area contributed by atoms with Gasteiger partial charge in [0.1, 0.15) is 0 Å². The molecule has 1 aromatic carbocycles. The van der Waals surface area contributed by atoms with Crippen LogP contribution in [0.3, 0.4) is 0 Å². The molecule has 0 atom stereocenters. The maximum atomic E-state index is 11.9. The van der Waals surface area contributed by atoms with Crippen molar-refractivity contribution in [2.75, 3.05) is 73.8 Å². The van der Waals surface area contributed by atoms with Gasteiger partial charge in [0.2, 0.25) is 5.95 Å². The number of nitrogens with zero attached hydrogens (tertiary/aromatic N) is 5. The van der Waals surface area contributed by atoms with E-state index in [0.717, 1.165) is 80.2 Å². The van der Waals surface area contributed by atoms with Gasteiger partial charge in [-0.3, -0.25) is 0 Å². The summed E-state index contributed by atoms with van der Waals surface area (Å²) in [5.41, 5.74) is 2.71. The van der Waals surface area contributed by atoms with Crippen molar-refractivity contribution in [3.05, 3.63) is 41.3 Å². The number of piperazine rings is 1. The first-order valence-corrected chi connectivity index (χ1v) is 12.0. The summed E-state index contributed by atoms with van der Waals surface area (Å²) in [6, 6.07) is 9.74. The van der Waals surface area contributed by atoms with Crippen LogP contribution >= 0.6 is 11.3 Å². The zero-order valence-electron chi connectivity index (χ0n) is 18.2. The monoisotopic (exact) mass is 453 g/mol. The Balaban J connectivity index is 1.29. The number of carbonyl (C=O) groups excluding carboxylic acids is 1. The summed E-state index contributed by atoms with van der Waals surface area (Å²) < 4.78 is 11.7. The molecule has 4 heterocycles. The van der Waals surface area contributed by atoms with Gasteiger partial charge in [0.25, 0.3) is 0 Å². The van der Waals surface area contributed by atoms with Crippen LogP contribution in [0.5, 0.6) is 0 Å². The predicted octanol–water partition coefficient (Wildman–Crippen LogP) is 3.03. The second kappa shape index (κ2) is 9.30. The molecule has 2 fully saturated rings. The number of anilines is 3. The molecule has 2 aliphatic rings. The van der Waals surface area contributed by atoms with Gasteiger partial charge in [-0.15, -0.1) is 11.3 Å². The Kier molecular flexibility index (Phi) is 6.09. The molecule has 0 unspecified atom stereocenters. The SMILES string of the molecule is CCOC(=O)c1ccc(N2CCN(c3nc(N4CCOCC4)c4sccc4n3)CC2)cc1. The van der Waals surface area contributed by atoms with E-state index in [2.05, 4.69) is 26.1 Å². The van der Waals surface area contributed by atoms with Crippen LogP contribution in [-0.2, 0) is 9.47 Å². The molecule has 5 rings (SSSR count). The lowest BCUT2D eigenvalue weighted by molar-refractivity contribution is 0.0526. The number of morpholine rings is 1. The fourth-order valence-corrected chi connectivity index (χ4v) is 5.00. The molecular weight excluding hydrogens is 426 g/mol. The van der Waals surface area contributed by atoms with Crippen molar-refractivity contribution in [2.45, 2.75) is 6.92 Å².